The number of hydrogen-bond donors (Lipinski definition) is 2. The smallest absolute Gasteiger partial charge is 0.322 e. The lowest BCUT2D eigenvalue weighted by Crippen LogP contribution is -2.49. The van der Waals surface area contributed by atoms with Crippen molar-refractivity contribution >= 4 is 21.7 Å². The highest BCUT2D eigenvalue weighted by Crippen LogP contribution is 2.23. The minimum atomic E-state index is -3.96. The first kappa shape index (κ1) is 32.3. The normalized spacial score (nSPS) is 14.5. The minimum Gasteiger partial charge on any atom is -0.395 e. The van der Waals surface area contributed by atoms with Gasteiger partial charge in [-0.2, -0.15) is 0 Å². The summed E-state index contributed by atoms with van der Waals surface area (Å²) in [7, 11) is -3.96. The van der Waals surface area contributed by atoms with Gasteiger partial charge in [-0.05, 0) is 65.7 Å². The van der Waals surface area contributed by atoms with Crippen molar-refractivity contribution in [2.45, 2.75) is 50.1 Å². The first-order valence-electron chi connectivity index (χ1n) is 14.4. The summed E-state index contributed by atoms with van der Waals surface area (Å²) in [5, 5.41) is 12.4. The second kappa shape index (κ2) is 15.2. The molecule has 1 saturated heterocycles. The number of aliphatic hydroxyl groups excluding tert-OH is 1. The number of nitrogens with one attached hydrogen (secondary N) is 1. The molecule has 1 aliphatic rings. The van der Waals surface area contributed by atoms with E-state index in [2.05, 4.69) is 10.2 Å². The molecule has 3 aromatic carbocycles. The van der Waals surface area contributed by atoms with E-state index < -0.39 is 34.3 Å². The van der Waals surface area contributed by atoms with Gasteiger partial charge in [-0.3, -0.25) is 9.80 Å². The number of hydroxylamine groups is 1. The van der Waals surface area contributed by atoms with E-state index >= 15 is 0 Å². The Morgan fingerprint density at radius 2 is 1.72 bits per heavy atom. The van der Waals surface area contributed by atoms with Gasteiger partial charge in [0.1, 0.15) is 17.4 Å². The van der Waals surface area contributed by atoms with Crippen LogP contribution in [0.1, 0.15) is 38.2 Å². The highest BCUT2D eigenvalue weighted by Gasteiger charge is 2.27. The Balaban J connectivity index is 1.30. The van der Waals surface area contributed by atoms with Crippen molar-refractivity contribution in [1.29, 1.82) is 0 Å². The topological polar surface area (TPSA) is 102 Å². The van der Waals surface area contributed by atoms with Crippen molar-refractivity contribution in [3.05, 3.63) is 90.0 Å². The summed E-state index contributed by atoms with van der Waals surface area (Å²) in [5.41, 5.74) is 1.07. The molecule has 2 N–H and O–H groups in total. The SMILES string of the molecule is CCCCN(C(=O)NC1CCN(Cc2ccc(ON(CCO)S(=O)(=O)c3ccccc3)cc2)CC1)c1ccc(F)cc1F. The van der Waals surface area contributed by atoms with Crippen molar-refractivity contribution in [2.75, 3.05) is 37.7 Å². The van der Waals surface area contributed by atoms with E-state index in [1.165, 1.54) is 23.1 Å². The number of halogens is 2. The number of unbranched alkanes of at least 4 members (excludes halogenated alkanes) is 1. The molecule has 0 radical (unpaired) electrons. The zero-order valence-corrected chi connectivity index (χ0v) is 25.0. The van der Waals surface area contributed by atoms with Gasteiger partial charge >= 0.3 is 6.03 Å². The van der Waals surface area contributed by atoms with Crippen molar-refractivity contribution in [1.82, 2.24) is 14.7 Å². The number of aliphatic hydroxyl groups is 1. The largest absolute Gasteiger partial charge is 0.395 e. The first-order chi connectivity index (χ1) is 20.7. The predicted octanol–water partition coefficient (Wildman–Crippen LogP) is 4.92. The van der Waals surface area contributed by atoms with Gasteiger partial charge in [-0.25, -0.2) is 22.0 Å². The maximum absolute atomic E-state index is 14.5. The number of sulfonamides is 1. The van der Waals surface area contributed by atoms with E-state index in [-0.39, 0.29) is 23.2 Å². The van der Waals surface area contributed by atoms with Crippen LogP contribution in [-0.2, 0) is 16.6 Å². The van der Waals surface area contributed by atoms with Crippen LogP contribution in [0, 0.1) is 11.6 Å². The van der Waals surface area contributed by atoms with Crippen LogP contribution in [0.15, 0.2) is 77.7 Å². The molecule has 43 heavy (non-hydrogen) atoms. The van der Waals surface area contributed by atoms with Crippen LogP contribution in [0.25, 0.3) is 0 Å². The molecular formula is C31H38F2N4O5S. The lowest BCUT2D eigenvalue weighted by molar-refractivity contribution is 0.0216. The summed E-state index contributed by atoms with van der Waals surface area (Å²) >= 11 is 0. The Morgan fingerprint density at radius 1 is 1.02 bits per heavy atom. The zero-order chi connectivity index (χ0) is 30.8. The Bertz CT molecular complexity index is 1440. The molecule has 0 aliphatic carbocycles. The van der Waals surface area contributed by atoms with Gasteiger partial charge < -0.3 is 15.3 Å². The Kier molecular flexibility index (Phi) is 11.5. The number of hydrogen-bond acceptors (Lipinski definition) is 6. The van der Waals surface area contributed by atoms with Gasteiger partial charge in [-0.1, -0.05) is 43.7 Å². The van der Waals surface area contributed by atoms with E-state index in [1.807, 2.05) is 19.1 Å². The molecule has 3 aromatic rings. The molecule has 0 atom stereocenters. The van der Waals surface area contributed by atoms with E-state index in [1.54, 1.807) is 30.3 Å². The fourth-order valence-corrected chi connectivity index (χ4v) is 6.12. The van der Waals surface area contributed by atoms with Crippen LogP contribution < -0.4 is 15.1 Å². The van der Waals surface area contributed by atoms with Crippen LogP contribution in [0.5, 0.6) is 5.75 Å². The average Bonchev–Trinajstić information content (AvgIpc) is 3.00. The molecule has 1 heterocycles. The molecule has 0 spiro atoms. The molecule has 0 aromatic heterocycles. The van der Waals surface area contributed by atoms with Crippen LogP contribution in [0.2, 0.25) is 0 Å². The molecule has 2 amide bonds. The van der Waals surface area contributed by atoms with Crippen molar-refractivity contribution in [3.8, 4) is 5.75 Å². The number of nitrogens with zero attached hydrogens (tertiary/aromatic N) is 3. The molecule has 12 heteroatoms. The third-order valence-corrected chi connectivity index (χ3v) is 8.89. The fraction of sp³-hybridized carbons (Fsp3) is 0.387. The van der Waals surface area contributed by atoms with E-state index in [0.717, 1.165) is 41.7 Å². The number of urea groups is 1. The number of anilines is 1. The standard InChI is InChI=1S/C31H38F2N4O5S/c1-2-3-17-36(30-14-11-25(32)22-29(30)33)31(39)34-26-15-18-35(19-16-26)23-24-9-12-27(13-10-24)42-37(20-21-38)43(40,41)28-7-5-4-6-8-28/h4-14,22,26,38H,2-3,15-21,23H2,1H3,(H,34,39). The van der Waals surface area contributed by atoms with Gasteiger partial charge in [-0.15, -0.1) is 0 Å². The molecule has 0 bridgehead atoms. The lowest BCUT2D eigenvalue weighted by atomic mass is 10.0. The monoisotopic (exact) mass is 616 g/mol. The number of carbonyl (C=O) groups is 1. The van der Waals surface area contributed by atoms with Gasteiger partial charge in [0.25, 0.3) is 10.0 Å². The summed E-state index contributed by atoms with van der Waals surface area (Å²) in [6.07, 6.45) is 2.95. The first-order valence-corrected chi connectivity index (χ1v) is 15.9. The van der Waals surface area contributed by atoms with Gasteiger partial charge in [0.15, 0.2) is 0 Å². The van der Waals surface area contributed by atoms with Crippen LogP contribution in [0.4, 0.5) is 19.3 Å². The second-order valence-electron chi connectivity index (χ2n) is 10.4. The van der Waals surface area contributed by atoms with Crippen LogP contribution >= 0.6 is 0 Å². The molecule has 1 fully saturated rings. The minimum absolute atomic E-state index is 0.0642. The number of benzene rings is 3. The summed E-state index contributed by atoms with van der Waals surface area (Å²) in [6, 6.07) is 17.8. The summed E-state index contributed by atoms with van der Waals surface area (Å²) in [6.45, 7) is 3.83. The molecule has 0 saturated carbocycles. The van der Waals surface area contributed by atoms with Crippen molar-refractivity contribution in [2.24, 2.45) is 0 Å². The quantitative estimate of drug-likeness (QED) is 0.265. The van der Waals surface area contributed by atoms with E-state index in [4.69, 9.17) is 4.84 Å². The van der Waals surface area contributed by atoms with Crippen molar-refractivity contribution in [3.63, 3.8) is 0 Å². The number of likely N-dealkylation sites (tertiary alicyclic amines) is 1. The van der Waals surface area contributed by atoms with Gasteiger partial charge in [0.05, 0.1) is 23.7 Å². The average molecular weight is 617 g/mol. The molecule has 4 rings (SSSR count). The highest BCUT2D eigenvalue weighted by atomic mass is 32.2. The Hall–Kier alpha value is -3.58. The number of rotatable bonds is 13. The molecule has 0 unspecified atom stereocenters. The molecule has 1 aliphatic heterocycles. The van der Waals surface area contributed by atoms with E-state index in [9.17, 15) is 27.1 Å². The maximum atomic E-state index is 14.5. The Morgan fingerprint density at radius 3 is 2.35 bits per heavy atom. The molecular weight excluding hydrogens is 578 g/mol. The highest BCUT2D eigenvalue weighted by molar-refractivity contribution is 7.89. The van der Waals surface area contributed by atoms with Crippen LogP contribution in [-0.4, -0.2) is 67.8 Å². The van der Waals surface area contributed by atoms with Gasteiger partial charge in [0, 0.05) is 38.3 Å². The maximum Gasteiger partial charge on any atom is 0.322 e. The lowest BCUT2D eigenvalue weighted by Gasteiger charge is -2.34. The molecule has 232 valence electrons. The third-order valence-electron chi connectivity index (χ3n) is 7.22. The fourth-order valence-electron chi connectivity index (χ4n) is 4.87. The van der Waals surface area contributed by atoms with E-state index in [0.29, 0.717) is 38.1 Å². The Labute approximate surface area is 251 Å². The number of amides is 2. The molecule has 9 nitrogen and oxygen atoms in total. The summed E-state index contributed by atoms with van der Waals surface area (Å²) < 4.78 is 54.6. The summed E-state index contributed by atoms with van der Waals surface area (Å²) in [5.74, 6) is -1.13. The predicted molar refractivity (Wildman–Crippen MR) is 160 cm³/mol. The van der Waals surface area contributed by atoms with Gasteiger partial charge in [0.2, 0.25) is 0 Å². The van der Waals surface area contributed by atoms with Crippen molar-refractivity contribution < 1.29 is 31.9 Å². The second-order valence-corrected chi connectivity index (χ2v) is 12.2. The number of carbonyl (C=O) groups excluding carboxylic acids is 1. The van der Waals surface area contributed by atoms with Crippen LogP contribution in [0.3, 0.4) is 0 Å². The third kappa shape index (κ3) is 8.73. The summed E-state index contributed by atoms with van der Waals surface area (Å²) in [4.78, 5) is 22.4. The number of piperidine rings is 1. The zero-order valence-electron chi connectivity index (χ0n) is 24.2.